The van der Waals surface area contributed by atoms with Crippen molar-refractivity contribution in [2.24, 2.45) is 0 Å². The molecule has 0 aliphatic carbocycles. The van der Waals surface area contributed by atoms with Crippen LogP contribution in [-0.4, -0.2) is 44.0 Å². The fourth-order valence-corrected chi connectivity index (χ4v) is 4.82. The highest BCUT2D eigenvalue weighted by Crippen LogP contribution is 2.39. The molecule has 206 valence electrons. The van der Waals surface area contributed by atoms with Crippen molar-refractivity contribution in [2.45, 2.75) is 59.9 Å². The van der Waals surface area contributed by atoms with Crippen LogP contribution in [0.5, 0.6) is 5.75 Å². The highest BCUT2D eigenvalue weighted by atomic mass is 32.2. The molecule has 2 N–H and O–H groups in total. The molecule has 0 aliphatic heterocycles. The summed E-state index contributed by atoms with van der Waals surface area (Å²) in [5, 5.41) is 16.3. The van der Waals surface area contributed by atoms with Gasteiger partial charge < -0.3 is 14.8 Å². The van der Waals surface area contributed by atoms with E-state index >= 15 is 0 Å². The number of amides is 1. The third-order valence-electron chi connectivity index (χ3n) is 6.64. The Bertz CT molecular complexity index is 1500. The van der Waals surface area contributed by atoms with Gasteiger partial charge in [-0.05, 0) is 68.5 Å². The van der Waals surface area contributed by atoms with Crippen LogP contribution in [0.25, 0.3) is 16.9 Å². The standard InChI is InChI=1S/C29H37N7O2S/c1-17(2)36-19(4)22(15-30-36)25-16-35(34-32-25)26-12-20(11-10-18(26)3)28(37)31-23-13-21(29(5,6)7)14-24(33-39-9)27(23)38-8/h10-17,33H,1-9H3,(H,31,37). The summed E-state index contributed by atoms with van der Waals surface area (Å²) in [6.07, 6.45) is 5.64. The number of aryl methyl sites for hydroxylation is 1. The molecule has 10 heteroatoms. The summed E-state index contributed by atoms with van der Waals surface area (Å²) in [4.78, 5) is 13.5. The average molecular weight is 548 g/mol. The summed E-state index contributed by atoms with van der Waals surface area (Å²) in [6, 6.07) is 9.84. The number of aromatic nitrogens is 5. The fraction of sp³-hybridized carbons (Fsp3) is 0.379. The first-order valence-electron chi connectivity index (χ1n) is 12.8. The van der Waals surface area contributed by atoms with Gasteiger partial charge in [-0.2, -0.15) is 5.10 Å². The van der Waals surface area contributed by atoms with Crippen LogP contribution in [0.4, 0.5) is 11.4 Å². The average Bonchev–Trinajstić information content (AvgIpc) is 3.50. The zero-order chi connectivity index (χ0) is 28.5. The Morgan fingerprint density at radius 1 is 1.10 bits per heavy atom. The van der Waals surface area contributed by atoms with Gasteiger partial charge in [0.25, 0.3) is 5.91 Å². The molecule has 2 aromatic heterocycles. The van der Waals surface area contributed by atoms with Crippen LogP contribution in [0.15, 0.2) is 42.7 Å². The van der Waals surface area contributed by atoms with Crippen molar-refractivity contribution in [3.8, 4) is 22.7 Å². The van der Waals surface area contributed by atoms with Crippen molar-refractivity contribution in [1.82, 2.24) is 24.8 Å². The summed E-state index contributed by atoms with van der Waals surface area (Å²) < 4.78 is 12.6. The number of hydrogen-bond donors (Lipinski definition) is 2. The molecule has 0 aliphatic rings. The summed E-state index contributed by atoms with van der Waals surface area (Å²) in [5.74, 6) is 0.335. The molecule has 1 amide bonds. The fourth-order valence-electron chi connectivity index (χ4n) is 4.45. The maximum atomic E-state index is 13.5. The number of methoxy groups -OCH3 is 1. The van der Waals surface area contributed by atoms with Crippen molar-refractivity contribution in [3.63, 3.8) is 0 Å². The van der Waals surface area contributed by atoms with Crippen LogP contribution in [0.1, 0.15) is 67.8 Å². The Kier molecular flexibility index (Phi) is 8.06. The summed E-state index contributed by atoms with van der Waals surface area (Å²) in [7, 11) is 1.60. The molecule has 0 saturated carbocycles. The van der Waals surface area contributed by atoms with Crippen LogP contribution >= 0.6 is 11.9 Å². The van der Waals surface area contributed by atoms with Crippen LogP contribution < -0.4 is 14.8 Å². The lowest BCUT2D eigenvalue weighted by Crippen LogP contribution is -2.17. The predicted octanol–water partition coefficient (Wildman–Crippen LogP) is 6.58. The minimum atomic E-state index is -0.245. The number of nitrogens with one attached hydrogen (secondary N) is 2. The Balaban J connectivity index is 1.67. The molecular weight excluding hydrogens is 510 g/mol. The monoisotopic (exact) mass is 547 g/mol. The van der Waals surface area contributed by atoms with Crippen molar-refractivity contribution in [2.75, 3.05) is 23.4 Å². The molecule has 0 radical (unpaired) electrons. The van der Waals surface area contributed by atoms with Gasteiger partial charge in [-0.25, -0.2) is 4.68 Å². The highest BCUT2D eigenvalue weighted by molar-refractivity contribution is 7.99. The van der Waals surface area contributed by atoms with Crippen LogP contribution in [0.3, 0.4) is 0 Å². The first-order valence-corrected chi connectivity index (χ1v) is 14.1. The first-order chi connectivity index (χ1) is 18.4. The van der Waals surface area contributed by atoms with E-state index in [-0.39, 0.29) is 17.4 Å². The zero-order valence-corrected chi connectivity index (χ0v) is 24.9. The van der Waals surface area contributed by atoms with Gasteiger partial charge in [-0.1, -0.05) is 44.0 Å². The molecule has 39 heavy (non-hydrogen) atoms. The van der Waals surface area contributed by atoms with Gasteiger partial charge in [0.15, 0.2) is 5.75 Å². The van der Waals surface area contributed by atoms with Crippen molar-refractivity contribution >= 4 is 29.2 Å². The lowest BCUT2D eigenvalue weighted by atomic mass is 9.86. The van der Waals surface area contributed by atoms with Crippen molar-refractivity contribution < 1.29 is 9.53 Å². The lowest BCUT2D eigenvalue weighted by molar-refractivity contribution is 0.102. The SMILES string of the molecule is COc1c(NSC)cc(C(C)(C)C)cc1NC(=O)c1ccc(C)c(-n2cc(-c3cnn(C(C)C)c3C)nn2)c1. The smallest absolute Gasteiger partial charge is 0.255 e. The van der Waals surface area contributed by atoms with E-state index in [2.05, 4.69) is 66.1 Å². The number of nitrogens with zero attached hydrogens (tertiary/aromatic N) is 5. The maximum absolute atomic E-state index is 13.5. The van der Waals surface area contributed by atoms with E-state index < -0.39 is 0 Å². The van der Waals surface area contributed by atoms with Crippen LogP contribution in [0.2, 0.25) is 0 Å². The minimum Gasteiger partial charge on any atom is -0.492 e. The molecule has 2 aromatic carbocycles. The molecule has 0 bridgehead atoms. The van der Waals surface area contributed by atoms with E-state index in [0.717, 1.165) is 39.5 Å². The normalized spacial score (nSPS) is 11.6. The molecule has 0 spiro atoms. The Hall–Kier alpha value is -3.79. The molecule has 0 atom stereocenters. The molecular formula is C29H37N7O2S. The largest absolute Gasteiger partial charge is 0.492 e. The van der Waals surface area contributed by atoms with E-state index in [1.807, 2.05) is 61.4 Å². The molecule has 4 aromatic rings. The van der Waals surface area contributed by atoms with Crippen LogP contribution in [0, 0.1) is 13.8 Å². The van der Waals surface area contributed by atoms with Gasteiger partial charge in [-0.15, -0.1) is 5.10 Å². The topological polar surface area (TPSA) is 98.9 Å². The third-order valence-corrected chi connectivity index (χ3v) is 7.06. The minimum absolute atomic E-state index is 0.119. The van der Waals surface area contributed by atoms with Crippen molar-refractivity contribution in [3.05, 3.63) is 65.1 Å². The summed E-state index contributed by atoms with van der Waals surface area (Å²) >= 11 is 1.47. The van der Waals surface area contributed by atoms with Gasteiger partial charge in [-0.3, -0.25) is 9.48 Å². The van der Waals surface area contributed by atoms with E-state index in [1.54, 1.807) is 11.8 Å². The third kappa shape index (κ3) is 5.80. The lowest BCUT2D eigenvalue weighted by Gasteiger charge is -2.24. The quantitative estimate of drug-likeness (QED) is 0.241. The second kappa shape index (κ2) is 11.1. The van der Waals surface area contributed by atoms with Gasteiger partial charge in [0.05, 0.1) is 36.6 Å². The number of carbonyl (C=O) groups is 1. The van der Waals surface area contributed by atoms with Crippen LogP contribution in [-0.2, 0) is 5.41 Å². The highest BCUT2D eigenvalue weighted by Gasteiger charge is 2.22. The van der Waals surface area contributed by atoms with E-state index in [1.165, 1.54) is 11.9 Å². The van der Waals surface area contributed by atoms with Gasteiger partial charge in [0.1, 0.15) is 5.69 Å². The van der Waals surface area contributed by atoms with Gasteiger partial charge >= 0.3 is 0 Å². The molecule has 0 unspecified atom stereocenters. The number of hydrogen-bond acceptors (Lipinski definition) is 7. The number of carbonyl (C=O) groups excluding carboxylic acids is 1. The number of anilines is 2. The van der Waals surface area contributed by atoms with E-state index in [0.29, 0.717) is 17.0 Å². The number of rotatable bonds is 8. The zero-order valence-electron chi connectivity index (χ0n) is 24.1. The van der Waals surface area contributed by atoms with E-state index in [4.69, 9.17) is 4.74 Å². The molecule has 2 heterocycles. The molecule has 0 saturated heterocycles. The maximum Gasteiger partial charge on any atom is 0.255 e. The number of benzene rings is 2. The first kappa shape index (κ1) is 28.2. The molecule has 9 nitrogen and oxygen atoms in total. The summed E-state index contributed by atoms with van der Waals surface area (Å²) in [6.45, 7) is 14.6. The Morgan fingerprint density at radius 3 is 2.44 bits per heavy atom. The van der Waals surface area contributed by atoms with Gasteiger partial charge in [0.2, 0.25) is 0 Å². The second-order valence-electron chi connectivity index (χ2n) is 10.8. The summed E-state index contributed by atoms with van der Waals surface area (Å²) in [5.41, 5.74) is 7.30. The molecule has 0 fully saturated rings. The van der Waals surface area contributed by atoms with E-state index in [9.17, 15) is 4.79 Å². The Labute approximate surface area is 234 Å². The van der Waals surface area contributed by atoms with Crippen molar-refractivity contribution in [1.29, 1.82) is 0 Å². The molecule has 4 rings (SSSR count). The second-order valence-corrected chi connectivity index (χ2v) is 11.5. The van der Waals surface area contributed by atoms with Gasteiger partial charge in [0, 0.05) is 29.1 Å². The number of ether oxygens (including phenoxy) is 1. The predicted molar refractivity (Wildman–Crippen MR) is 159 cm³/mol. The Morgan fingerprint density at radius 2 is 1.82 bits per heavy atom.